The number of hydrogen-bond donors (Lipinski definition) is 4. The van der Waals surface area contributed by atoms with Crippen LogP contribution in [0, 0.1) is 6.92 Å². The fraction of sp³-hybridized carbons (Fsp3) is 0.0833. The number of benzene rings is 1. The van der Waals surface area contributed by atoms with E-state index >= 15 is 0 Å². The van der Waals surface area contributed by atoms with Crippen molar-refractivity contribution in [3.63, 3.8) is 0 Å². The van der Waals surface area contributed by atoms with Gasteiger partial charge in [0.05, 0.1) is 22.8 Å². The van der Waals surface area contributed by atoms with Crippen LogP contribution in [-0.4, -0.2) is 26.1 Å². The SMILES string of the molecule is Cc1[nH]ncc1C(=O)Nc1ccc2[nH]c(=O)[nH]c2c1. The predicted molar refractivity (Wildman–Crippen MR) is 70.2 cm³/mol. The van der Waals surface area contributed by atoms with Gasteiger partial charge < -0.3 is 15.3 Å². The van der Waals surface area contributed by atoms with Crippen LogP contribution in [0.15, 0.2) is 29.2 Å². The van der Waals surface area contributed by atoms with Gasteiger partial charge in [-0.25, -0.2) is 4.79 Å². The van der Waals surface area contributed by atoms with Crippen LogP contribution < -0.4 is 11.0 Å². The molecule has 2 aromatic heterocycles. The van der Waals surface area contributed by atoms with Gasteiger partial charge in [0.25, 0.3) is 5.91 Å². The summed E-state index contributed by atoms with van der Waals surface area (Å²) >= 11 is 0. The van der Waals surface area contributed by atoms with Crippen LogP contribution in [0.25, 0.3) is 11.0 Å². The highest BCUT2D eigenvalue weighted by Crippen LogP contribution is 2.15. The molecular formula is C12H11N5O2. The summed E-state index contributed by atoms with van der Waals surface area (Å²) in [5.41, 5.74) is 2.86. The van der Waals surface area contributed by atoms with Crippen molar-refractivity contribution in [2.45, 2.75) is 6.92 Å². The van der Waals surface area contributed by atoms with Crippen molar-refractivity contribution >= 4 is 22.6 Å². The number of carbonyl (C=O) groups is 1. The molecule has 3 rings (SSSR count). The van der Waals surface area contributed by atoms with E-state index in [1.165, 1.54) is 6.20 Å². The Labute approximate surface area is 107 Å². The molecule has 1 amide bonds. The zero-order valence-corrected chi connectivity index (χ0v) is 10.1. The lowest BCUT2D eigenvalue weighted by atomic mass is 10.2. The number of nitrogens with zero attached hydrogens (tertiary/aromatic N) is 1. The highest BCUT2D eigenvalue weighted by atomic mass is 16.2. The number of imidazole rings is 1. The zero-order chi connectivity index (χ0) is 13.4. The Morgan fingerprint density at radius 2 is 2.05 bits per heavy atom. The second-order valence-corrected chi connectivity index (χ2v) is 4.20. The number of nitrogens with one attached hydrogen (secondary N) is 4. The topological polar surface area (TPSA) is 106 Å². The maximum Gasteiger partial charge on any atom is 0.323 e. The van der Waals surface area contributed by atoms with Gasteiger partial charge in [-0.05, 0) is 25.1 Å². The lowest BCUT2D eigenvalue weighted by Gasteiger charge is -2.04. The molecule has 7 heteroatoms. The highest BCUT2D eigenvalue weighted by molar-refractivity contribution is 6.05. The van der Waals surface area contributed by atoms with Gasteiger partial charge in [0.15, 0.2) is 0 Å². The van der Waals surface area contributed by atoms with Crippen LogP contribution in [-0.2, 0) is 0 Å². The van der Waals surface area contributed by atoms with E-state index in [9.17, 15) is 9.59 Å². The van der Waals surface area contributed by atoms with Crippen molar-refractivity contribution < 1.29 is 4.79 Å². The van der Waals surface area contributed by atoms with E-state index in [1.807, 2.05) is 0 Å². The lowest BCUT2D eigenvalue weighted by molar-refractivity contribution is 0.102. The standard InChI is InChI=1S/C12H11N5O2/c1-6-8(5-13-17-6)11(18)14-7-2-3-9-10(4-7)16-12(19)15-9/h2-5H,1H3,(H,13,17)(H,14,18)(H2,15,16,19). The molecule has 0 radical (unpaired) electrons. The van der Waals surface area contributed by atoms with Crippen LogP contribution >= 0.6 is 0 Å². The molecule has 0 saturated carbocycles. The number of aromatic amines is 3. The second kappa shape index (κ2) is 4.13. The molecule has 0 spiro atoms. The number of hydrogen-bond acceptors (Lipinski definition) is 3. The molecular weight excluding hydrogens is 246 g/mol. The lowest BCUT2D eigenvalue weighted by Crippen LogP contribution is -2.12. The Balaban J connectivity index is 1.91. The first kappa shape index (κ1) is 11.3. The highest BCUT2D eigenvalue weighted by Gasteiger charge is 2.11. The first-order chi connectivity index (χ1) is 9.13. The summed E-state index contributed by atoms with van der Waals surface area (Å²) in [5.74, 6) is -0.247. The molecule has 1 aromatic carbocycles. The minimum atomic E-state index is -0.274. The summed E-state index contributed by atoms with van der Waals surface area (Å²) in [5, 5.41) is 9.26. The molecule has 19 heavy (non-hydrogen) atoms. The minimum Gasteiger partial charge on any atom is -0.322 e. The fourth-order valence-corrected chi connectivity index (χ4v) is 1.89. The van der Waals surface area contributed by atoms with Gasteiger partial charge in [-0.2, -0.15) is 5.10 Å². The van der Waals surface area contributed by atoms with Gasteiger partial charge in [-0.15, -0.1) is 0 Å². The maximum atomic E-state index is 12.0. The van der Waals surface area contributed by atoms with Crippen molar-refractivity contribution in [1.82, 2.24) is 20.2 Å². The van der Waals surface area contributed by atoms with Crippen molar-refractivity contribution in [3.8, 4) is 0 Å². The van der Waals surface area contributed by atoms with Gasteiger partial charge in [-0.1, -0.05) is 0 Å². The van der Waals surface area contributed by atoms with Crippen molar-refractivity contribution in [1.29, 1.82) is 0 Å². The van der Waals surface area contributed by atoms with Crippen LogP contribution in [0.3, 0.4) is 0 Å². The number of carbonyl (C=O) groups excluding carboxylic acids is 1. The molecule has 96 valence electrons. The molecule has 0 aliphatic rings. The number of fused-ring (bicyclic) bond motifs is 1. The van der Waals surface area contributed by atoms with E-state index in [4.69, 9.17) is 0 Å². The number of amides is 1. The smallest absolute Gasteiger partial charge is 0.322 e. The first-order valence-electron chi connectivity index (χ1n) is 5.67. The van der Waals surface area contributed by atoms with Crippen LogP contribution in [0.2, 0.25) is 0 Å². The van der Waals surface area contributed by atoms with E-state index in [2.05, 4.69) is 25.5 Å². The van der Waals surface area contributed by atoms with Crippen molar-refractivity contribution in [2.75, 3.05) is 5.32 Å². The minimum absolute atomic E-state index is 0.247. The third kappa shape index (κ3) is 2.01. The molecule has 0 saturated heterocycles. The van der Waals surface area contributed by atoms with Gasteiger partial charge in [-0.3, -0.25) is 9.89 Å². The summed E-state index contributed by atoms with van der Waals surface area (Å²) in [6.07, 6.45) is 1.47. The van der Waals surface area contributed by atoms with Gasteiger partial charge >= 0.3 is 5.69 Å². The van der Waals surface area contributed by atoms with Gasteiger partial charge in [0, 0.05) is 11.4 Å². The summed E-state index contributed by atoms with van der Waals surface area (Å²) in [7, 11) is 0. The third-order valence-corrected chi connectivity index (χ3v) is 2.85. The Bertz CT molecular complexity index is 811. The number of rotatable bonds is 2. The maximum absolute atomic E-state index is 12.0. The zero-order valence-electron chi connectivity index (χ0n) is 10.1. The Hall–Kier alpha value is -2.83. The Morgan fingerprint density at radius 1 is 1.26 bits per heavy atom. The normalized spacial score (nSPS) is 10.8. The van der Waals surface area contributed by atoms with Gasteiger partial charge in [0.1, 0.15) is 0 Å². The fourth-order valence-electron chi connectivity index (χ4n) is 1.89. The summed E-state index contributed by atoms with van der Waals surface area (Å²) < 4.78 is 0. The molecule has 0 bridgehead atoms. The number of aryl methyl sites for hydroxylation is 1. The molecule has 0 unspecified atom stereocenters. The van der Waals surface area contributed by atoms with E-state index in [1.54, 1.807) is 25.1 Å². The summed E-state index contributed by atoms with van der Waals surface area (Å²) in [4.78, 5) is 28.4. The average molecular weight is 257 g/mol. The molecule has 0 aliphatic heterocycles. The summed E-state index contributed by atoms with van der Waals surface area (Å²) in [6.45, 7) is 1.77. The van der Waals surface area contributed by atoms with E-state index in [0.29, 0.717) is 28.0 Å². The molecule has 7 nitrogen and oxygen atoms in total. The second-order valence-electron chi connectivity index (χ2n) is 4.20. The van der Waals surface area contributed by atoms with Crippen LogP contribution in [0.1, 0.15) is 16.1 Å². The van der Waals surface area contributed by atoms with Crippen molar-refractivity contribution in [2.24, 2.45) is 0 Å². The van der Waals surface area contributed by atoms with Crippen LogP contribution in [0.5, 0.6) is 0 Å². The van der Waals surface area contributed by atoms with E-state index in [-0.39, 0.29) is 11.6 Å². The first-order valence-corrected chi connectivity index (χ1v) is 5.67. The Morgan fingerprint density at radius 3 is 2.79 bits per heavy atom. The monoisotopic (exact) mass is 257 g/mol. The van der Waals surface area contributed by atoms with Crippen molar-refractivity contribution in [3.05, 3.63) is 46.1 Å². The number of aromatic nitrogens is 4. The quantitative estimate of drug-likeness (QED) is 0.553. The number of anilines is 1. The Kier molecular flexibility index (Phi) is 2.45. The average Bonchev–Trinajstić information content (AvgIpc) is 2.93. The molecule has 2 heterocycles. The molecule has 0 fully saturated rings. The molecule has 0 aliphatic carbocycles. The molecule has 3 aromatic rings. The summed E-state index contributed by atoms with van der Waals surface area (Å²) in [6, 6.07) is 5.14. The molecule has 0 atom stereocenters. The van der Waals surface area contributed by atoms with E-state index < -0.39 is 0 Å². The predicted octanol–water partition coefficient (Wildman–Crippen LogP) is 1.14. The van der Waals surface area contributed by atoms with Gasteiger partial charge in [0.2, 0.25) is 0 Å². The van der Waals surface area contributed by atoms with E-state index in [0.717, 1.165) is 0 Å². The number of H-pyrrole nitrogens is 3. The largest absolute Gasteiger partial charge is 0.323 e. The third-order valence-electron chi connectivity index (χ3n) is 2.85. The van der Waals surface area contributed by atoms with Crippen LogP contribution in [0.4, 0.5) is 5.69 Å². The molecule has 4 N–H and O–H groups in total.